The van der Waals surface area contributed by atoms with E-state index >= 15 is 0 Å². The van der Waals surface area contributed by atoms with Gasteiger partial charge in [0.15, 0.2) is 0 Å². The van der Waals surface area contributed by atoms with Crippen LogP contribution < -0.4 is 4.90 Å². The zero-order valence-corrected chi connectivity index (χ0v) is 17.8. The van der Waals surface area contributed by atoms with Crippen LogP contribution in [-0.4, -0.2) is 42.0 Å². The summed E-state index contributed by atoms with van der Waals surface area (Å²) < 4.78 is 38.3. The average Bonchev–Trinajstić information content (AvgIpc) is 2.71. The number of aromatic nitrogens is 1. The lowest BCUT2D eigenvalue weighted by atomic mass is 10.00. The molecule has 1 fully saturated rings. The van der Waals surface area contributed by atoms with Crippen molar-refractivity contribution in [1.82, 2.24) is 9.88 Å². The molecule has 1 aliphatic rings. The van der Waals surface area contributed by atoms with E-state index in [1.165, 1.54) is 5.56 Å². The third-order valence-electron chi connectivity index (χ3n) is 5.35. The molecule has 0 aliphatic carbocycles. The molecule has 1 saturated heterocycles. The first-order valence-electron chi connectivity index (χ1n) is 9.99. The van der Waals surface area contributed by atoms with Gasteiger partial charge in [-0.15, -0.1) is 0 Å². The molecule has 1 aromatic carbocycles. The number of pyridine rings is 1. The second kappa shape index (κ2) is 9.25. The summed E-state index contributed by atoms with van der Waals surface area (Å²) in [6.45, 7) is 6.23. The fourth-order valence-corrected chi connectivity index (χ4v) is 3.75. The fourth-order valence-electron chi connectivity index (χ4n) is 3.46. The molecular formula is C22H25ClF3N3O. The molecule has 3 rings (SSSR count). The number of nitrogens with zero attached hydrogens (tertiary/aromatic N) is 3. The van der Waals surface area contributed by atoms with Crippen molar-refractivity contribution in [1.29, 1.82) is 0 Å². The number of aryl methyl sites for hydroxylation is 1. The monoisotopic (exact) mass is 439 g/mol. The number of benzene rings is 1. The first kappa shape index (κ1) is 22.4. The fraction of sp³-hybridized carbons (Fsp3) is 0.455. The van der Waals surface area contributed by atoms with E-state index in [-0.39, 0.29) is 10.9 Å². The second-order valence-electron chi connectivity index (χ2n) is 7.79. The van der Waals surface area contributed by atoms with Gasteiger partial charge in [0.1, 0.15) is 5.82 Å². The molecule has 30 heavy (non-hydrogen) atoms. The molecule has 1 aliphatic heterocycles. The summed E-state index contributed by atoms with van der Waals surface area (Å²) in [5, 5.41) is -0.0329. The molecule has 2 heterocycles. The molecule has 0 bridgehead atoms. The van der Waals surface area contributed by atoms with Crippen LogP contribution in [0.1, 0.15) is 42.9 Å². The van der Waals surface area contributed by atoms with Crippen molar-refractivity contribution < 1.29 is 18.0 Å². The van der Waals surface area contributed by atoms with Gasteiger partial charge in [-0.25, -0.2) is 4.98 Å². The van der Waals surface area contributed by atoms with Gasteiger partial charge in [-0.05, 0) is 29.5 Å². The van der Waals surface area contributed by atoms with Crippen LogP contribution in [0.4, 0.5) is 19.0 Å². The molecule has 0 unspecified atom stereocenters. The Balaban J connectivity index is 1.52. The highest BCUT2D eigenvalue weighted by Gasteiger charge is 2.32. The molecular weight excluding hydrogens is 415 g/mol. The van der Waals surface area contributed by atoms with Crippen LogP contribution in [0.2, 0.25) is 5.02 Å². The summed E-state index contributed by atoms with van der Waals surface area (Å²) in [4.78, 5) is 20.1. The summed E-state index contributed by atoms with van der Waals surface area (Å²) in [6.07, 6.45) is -2.57. The van der Waals surface area contributed by atoms with Crippen molar-refractivity contribution in [2.45, 2.75) is 38.8 Å². The number of rotatable bonds is 5. The van der Waals surface area contributed by atoms with Crippen molar-refractivity contribution >= 4 is 23.3 Å². The molecule has 2 aromatic rings. The van der Waals surface area contributed by atoms with Crippen LogP contribution in [0.25, 0.3) is 0 Å². The molecule has 0 radical (unpaired) electrons. The molecule has 0 atom stereocenters. The second-order valence-corrected chi connectivity index (χ2v) is 8.20. The molecule has 1 aromatic heterocycles. The Labute approximate surface area is 179 Å². The zero-order valence-electron chi connectivity index (χ0n) is 17.0. The maximum absolute atomic E-state index is 12.8. The van der Waals surface area contributed by atoms with Crippen LogP contribution in [0.5, 0.6) is 0 Å². The van der Waals surface area contributed by atoms with Gasteiger partial charge >= 0.3 is 6.18 Å². The summed E-state index contributed by atoms with van der Waals surface area (Å²) in [6, 6.07) is 9.23. The van der Waals surface area contributed by atoms with E-state index in [9.17, 15) is 18.0 Å². The number of halogens is 4. The standard InChI is InChI=1S/C22H25ClF3N3O/c1-15(2)17-6-3-16(4-7-17)5-8-20(30)28-9-11-29(12-10-28)21-19(23)13-18(14-27-21)22(24,25)26/h3-4,6-7,13-15H,5,8-12H2,1-2H3. The van der Waals surface area contributed by atoms with Crippen molar-refractivity contribution in [2.75, 3.05) is 31.1 Å². The van der Waals surface area contributed by atoms with E-state index in [2.05, 4.69) is 43.1 Å². The van der Waals surface area contributed by atoms with Crippen LogP contribution >= 0.6 is 11.6 Å². The number of carbonyl (C=O) groups excluding carboxylic acids is 1. The van der Waals surface area contributed by atoms with Crippen LogP contribution in [0, 0.1) is 0 Å². The normalized spacial score (nSPS) is 15.0. The largest absolute Gasteiger partial charge is 0.417 e. The number of piperazine rings is 1. The number of carbonyl (C=O) groups is 1. The predicted molar refractivity (Wildman–Crippen MR) is 112 cm³/mol. The summed E-state index contributed by atoms with van der Waals surface area (Å²) in [5.74, 6) is 0.876. The number of anilines is 1. The lowest BCUT2D eigenvalue weighted by Crippen LogP contribution is -2.49. The quantitative estimate of drug-likeness (QED) is 0.645. The van der Waals surface area contributed by atoms with Crippen molar-refractivity contribution in [2.24, 2.45) is 0 Å². The van der Waals surface area contributed by atoms with Crippen LogP contribution in [0.3, 0.4) is 0 Å². The van der Waals surface area contributed by atoms with E-state index in [1.54, 1.807) is 4.90 Å². The third kappa shape index (κ3) is 5.45. The first-order valence-corrected chi connectivity index (χ1v) is 10.4. The van der Waals surface area contributed by atoms with Crippen molar-refractivity contribution in [3.8, 4) is 0 Å². The molecule has 1 amide bonds. The minimum atomic E-state index is -4.48. The minimum Gasteiger partial charge on any atom is -0.352 e. The van der Waals surface area contributed by atoms with Gasteiger partial charge in [-0.3, -0.25) is 4.79 Å². The lowest BCUT2D eigenvalue weighted by molar-refractivity contribution is -0.137. The van der Waals surface area contributed by atoms with Crippen molar-refractivity contribution in [3.05, 3.63) is 58.2 Å². The average molecular weight is 440 g/mol. The Kier molecular flexibility index (Phi) is 6.91. The Morgan fingerprint density at radius 2 is 1.77 bits per heavy atom. The highest BCUT2D eigenvalue weighted by atomic mass is 35.5. The maximum atomic E-state index is 12.8. The van der Waals surface area contributed by atoms with Gasteiger partial charge in [-0.1, -0.05) is 49.7 Å². The van der Waals surface area contributed by atoms with E-state index in [0.717, 1.165) is 17.8 Å². The van der Waals surface area contributed by atoms with Gasteiger partial charge in [0.25, 0.3) is 0 Å². The molecule has 0 spiro atoms. The number of hydrogen-bond donors (Lipinski definition) is 0. The van der Waals surface area contributed by atoms with Gasteiger partial charge < -0.3 is 9.80 Å². The minimum absolute atomic E-state index is 0.0329. The van der Waals surface area contributed by atoms with E-state index in [0.29, 0.717) is 50.8 Å². The van der Waals surface area contributed by atoms with Gasteiger partial charge in [-0.2, -0.15) is 13.2 Å². The number of hydrogen-bond acceptors (Lipinski definition) is 3. The first-order chi connectivity index (χ1) is 14.1. The highest BCUT2D eigenvalue weighted by Crippen LogP contribution is 2.33. The van der Waals surface area contributed by atoms with Gasteiger partial charge in [0.05, 0.1) is 10.6 Å². The predicted octanol–water partition coefficient (Wildman–Crippen LogP) is 5.16. The number of alkyl halides is 3. The molecule has 4 nitrogen and oxygen atoms in total. The number of amides is 1. The lowest BCUT2D eigenvalue weighted by Gasteiger charge is -2.36. The van der Waals surface area contributed by atoms with E-state index in [1.807, 2.05) is 4.90 Å². The maximum Gasteiger partial charge on any atom is 0.417 e. The third-order valence-corrected chi connectivity index (χ3v) is 5.63. The summed E-state index contributed by atoms with van der Waals surface area (Å²) in [7, 11) is 0. The Hall–Kier alpha value is -2.28. The van der Waals surface area contributed by atoms with E-state index in [4.69, 9.17) is 11.6 Å². The molecule has 8 heteroatoms. The molecule has 162 valence electrons. The molecule has 0 N–H and O–H groups in total. The zero-order chi connectivity index (χ0) is 21.9. The summed E-state index contributed by atoms with van der Waals surface area (Å²) in [5.41, 5.74) is 1.54. The van der Waals surface area contributed by atoms with Gasteiger partial charge in [0, 0.05) is 38.8 Å². The van der Waals surface area contributed by atoms with Crippen molar-refractivity contribution in [3.63, 3.8) is 0 Å². The topological polar surface area (TPSA) is 36.4 Å². The summed E-state index contributed by atoms with van der Waals surface area (Å²) >= 11 is 6.03. The van der Waals surface area contributed by atoms with E-state index < -0.39 is 11.7 Å². The van der Waals surface area contributed by atoms with Crippen LogP contribution in [-0.2, 0) is 17.4 Å². The molecule has 0 saturated carbocycles. The Bertz CT molecular complexity index is 876. The Morgan fingerprint density at radius 3 is 2.30 bits per heavy atom. The smallest absolute Gasteiger partial charge is 0.352 e. The Morgan fingerprint density at radius 1 is 1.13 bits per heavy atom. The van der Waals surface area contributed by atoms with Gasteiger partial charge in [0.2, 0.25) is 5.91 Å². The SMILES string of the molecule is CC(C)c1ccc(CCC(=O)N2CCN(c3ncc(C(F)(F)F)cc3Cl)CC2)cc1. The highest BCUT2D eigenvalue weighted by molar-refractivity contribution is 6.33. The van der Waals surface area contributed by atoms with Crippen LogP contribution in [0.15, 0.2) is 36.5 Å².